The molecular formula is C25H23N5O. The molecule has 0 spiro atoms. The van der Waals surface area contributed by atoms with Crippen molar-refractivity contribution in [1.82, 2.24) is 25.1 Å². The monoisotopic (exact) mass is 409 g/mol. The molecule has 1 N–H and O–H groups in total. The van der Waals surface area contributed by atoms with Gasteiger partial charge in [-0.25, -0.2) is 0 Å². The summed E-state index contributed by atoms with van der Waals surface area (Å²) in [5, 5.41) is 7.71. The van der Waals surface area contributed by atoms with Gasteiger partial charge >= 0.3 is 0 Å². The van der Waals surface area contributed by atoms with Crippen molar-refractivity contribution in [3.8, 4) is 11.3 Å². The first-order valence-electron chi connectivity index (χ1n) is 10.1. The van der Waals surface area contributed by atoms with E-state index in [-0.39, 0.29) is 11.9 Å². The zero-order valence-corrected chi connectivity index (χ0v) is 17.2. The highest BCUT2D eigenvalue weighted by atomic mass is 16.1. The molecule has 4 aromatic rings. The summed E-state index contributed by atoms with van der Waals surface area (Å²) >= 11 is 0. The summed E-state index contributed by atoms with van der Waals surface area (Å²) in [5.74, 6) is -0.177. The van der Waals surface area contributed by atoms with E-state index in [0.717, 1.165) is 27.9 Å². The normalized spacial score (nSPS) is 12.0. The molecule has 1 unspecified atom stereocenters. The third-order valence-electron chi connectivity index (χ3n) is 4.87. The van der Waals surface area contributed by atoms with Crippen LogP contribution in [0.3, 0.4) is 0 Å². The number of hydrogen-bond acceptors (Lipinski definition) is 4. The summed E-state index contributed by atoms with van der Waals surface area (Å²) in [5.41, 5.74) is 4.65. The van der Waals surface area contributed by atoms with Crippen LogP contribution in [0, 0.1) is 0 Å². The van der Waals surface area contributed by atoms with E-state index in [0.29, 0.717) is 6.54 Å². The maximum atomic E-state index is 12.5. The number of amides is 1. The number of pyridine rings is 2. The number of rotatable bonds is 7. The first kappa shape index (κ1) is 20.2. The molecule has 154 valence electrons. The molecule has 1 atom stereocenters. The maximum absolute atomic E-state index is 12.5. The lowest BCUT2D eigenvalue weighted by molar-refractivity contribution is -0.117. The Bertz CT molecular complexity index is 1150. The van der Waals surface area contributed by atoms with Crippen LogP contribution in [0.25, 0.3) is 17.3 Å². The predicted octanol–water partition coefficient (Wildman–Crippen LogP) is 4.28. The SMILES string of the molecule is CC(NC(=O)/C=C/c1cn(Cc2ccccc2)nc1-c1cccnc1)c1cccnc1. The van der Waals surface area contributed by atoms with Crippen molar-refractivity contribution in [3.05, 3.63) is 108 Å². The Morgan fingerprint density at radius 2 is 1.81 bits per heavy atom. The lowest BCUT2D eigenvalue weighted by atomic mass is 10.1. The van der Waals surface area contributed by atoms with Crippen LogP contribution in [-0.2, 0) is 11.3 Å². The molecule has 0 aliphatic heterocycles. The standard InChI is InChI=1S/C25H23N5O/c1-19(21-9-5-13-26-15-21)28-24(31)12-11-23-18-30(17-20-7-3-2-4-8-20)29-25(23)22-10-6-14-27-16-22/h2-16,18-19H,17H2,1H3,(H,28,31)/b12-11+. The maximum Gasteiger partial charge on any atom is 0.244 e. The van der Waals surface area contributed by atoms with Gasteiger partial charge in [-0.1, -0.05) is 36.4 Å². The fourth-order valence-electron chi connectivity index (χ4n) is 3.28. The molecule has 4 rings (SSSR count). The Morgan fingerprint density at radius 3 is 2.52 bits per heavy atom. The summed E-state index contributed by atoms with van der Waals surface area (Å²) in [6, 6.07) is 17.6. The molecular weight excluding hydrogens is 386 g/mol. The van der Waals surface area contributed by atoms with Crippen LogP contribution in [0.15, 0.2) is 91.7 Å². The van der Waals surface area contributed by atoms with E-state index >= 15 is 0 Å². The van der Waals surface area contributed by atoms with Gasteiger partial charge in [0.15, 0.2) is 0 Å². The van der Waals surface area contributed by atoms with E-state index in [1.165, 1.54) is 6.08 Å². The second-order valence-electron chi connectivity index (χ2n) is 7.21. The van der Waals surface area contributed by atoms with Gasteiger partial charge < -0.3 is 5.32 Å². The molecule has 3 heterocycles. The highest BCUT2D eigenvalue weighted by Gasteiger charge is 2.11. The molecule has 0 fully saturated rings. The van der Waals surface area contributed by atoms with Gasteiger partial charge in [0.1, 0.15) is 5.69 Å². The zero-order valence-electron chi connectivity index (χ0n) is 17.2. The Hall–Kier alpha value is -4.06. The van der Waals surface area contributed by atoms with Crippen molar-refractivity contribution in [1.29, 1.82) is 0 Å². The van der Waals surface area contributed by atoms with Gasteiger partial charge in [-0.15, -0.1) is 0 Å². The van der Waals surface area contributed by atoms with Crippen molar-refractivity contribution < 1.29 is 4.79 Å². The molecule has 6 nitrogen and oxygen atoms in total. The van der Waals surface area contributed by atoms with Gasteiger partial charge in [0.05, 0.1) is 12.6 Å². The molecule has 1 amide bonds. The predicted molar refractivity (Wildman–Crippen MR) is 121 cm³/mol. The second-order valence-corrected chi connectivity index (χ2v) is 7.21. The van der Waals surface area contributed by atoms with E-state index in [1.54, 1.807) is 30.9 Å². The highest BCUT2D eigenvalue weighted by Crippen LogP contribution is 2.23. The quantitative estimate of drug-likeness (QED) is 0.463. The number of hydrogen-bond donors (Lipinski definition) is 1. The summed E-state index contributed by atoms with van der Waals surface area (Å²) in [7, 11) is 0. The van der Waals surface area contributed by atoms with Crippen LogP contribution in [0.2, 0.25) is 0 Å². The molecule has 1 aromatic carbocycles. The summed E-state index contributed by atoms with van der Waals surface area (Å²) in [4.78, 5) is 20.8. The summed E-state index contributed by atoms with van der Waals surface area (Å²) in [6.07, 6.45) is 12.3. The van der Waals surface area contributed by atoms with E-state index in [4.69, 9.17) is 5.10 Å². The molecule has 0 radical (unpaired) electrons. The van der Waals surface area contributed by atoms with Gasteiger partial charge in [-0.3, -0.25) is 19.4 Å². The minimum absolute atomic E-state index is 0.135. The Morgan fingerprint density at radius 1 is 1.03 bits per heavy atom. The van der Waals surface area contributed by atoms with Crippen LogP contribution < -0.4 is 5.32 Å². The summed E-state index contributed by atoms with van der Waals surface area (Å²) in [6.45, 7) is 2.58. The largest absolute Gasteiger partial charge is 0.346 e. The number of nitrogens with zero attached hydrogens (tertiary/aromatic N) is 4. The number of aromatic nitrogens is 4. The van der Waals surface area contributed by atoms with Gasteiger partial charge in [-0.05, 0) is 42.3 Å². The number of benzene rings is 1. The van der Waals surface area contributed by atoms with Crippen LogP contribution in [0.1, 0.15) is 29.7 Å². The summed E-state index contributed by atoms with van der Waals surface area (Å²) < 4.78 is 1.88. The number of carbonyl (C=O) groups excluding carboxylic acids is 1. The van der Waals surface area contributed by atoms with Crippen molar-refractivity contribution >= 4 is 12.0 Å². The Balaban J connectivity index is 1.55. The fraction of sp³-hybridized carbons (Fsp3) is 0.120. The van der Waals surface area contributed by atoms with Gasteiger partial charge in [0.2, 0.25) is 5.91 Å². The van der Waals surface area contributed by atoms with Gasteiger partial charge in [0, 0.05) is 48.2 Å². The van der Waals surface area contributed by atoms with Gasteiger partial charge in [0.25, 0.3) is 0 Å². The Labute approximate surface area is 181 Å². The molecule has 0 aliphatic rings. The fourth-order valence-corrected chi connectivity index (χ4v) is 3.28. The van der Waals surface area contributed by atoms with E-state index in [1.807, 2.05) is 60.3 Å². The third kappa shape index (κ3) is 5.30. The molecule has 31 heavy (non-hydrogen) atoms. The van der Waals surface area contributed by atoms with Crippen LogP contribution in [0.5, 0.6) is 0 Å². The highest BCUT2D eigenvalue weighted by molar-refractivity contribution is 5.93. The van der Waals surface area contributed by atoms with E-state index in [9.17, 15) is 4.79 Å². The Kier molecular flexibility index (Phi) is 6.28. The molecule has 0 saturated carbocycles. The first-order valence-corrected chi connectivity index (χ1v) is 10.1. The average Bonchev–Trinajstić information content (AvgIpc) is 3.22. The van der Waals surface area contributed by atoms with E-state index < -0.39 is 0 Å². The van der Waals surface area contributed by atoms with E-state index in [2.05, 4.69) is 27.4 Å². The number of nitrogens with one attached hydrogen (secondary N) is 1. The average molecular weight is 409 g/mol. The minimum Gasteiger partial charge on any atom is -0.346 e. The molecule has 0 bridgehead atoms. The number of carbonyl (C=O) groups is 1. The lowest BCUT2D eigenvalue weighted by Gasteiger charge is -2.11. The van der Waals surface area contributed by atoms with Crippen molar-refractivity contribution in [2.75, 3.05) is 0 Å². The van der Waals surface area contributed by atoms with Gasteiger partial charge in [-0.2, -0.15) is 5.10 Å². The topological polar surface area (TPSA) is 72.7 Å². The third-order valence-corrected chi connectivity index (χ3v) is 4.87. The second kappa shape index (κ2) is 9.63. The lowest BCUT2D eigenvalue weighted by Crippen LogP contribution is -2.24. The molecule has 6 heteroatoms. The van der Waals surface area contributed by atoms with Crippen molar-refractivity contribution in [2.24, 2.45) is 0 Å². The van der Waals surface area contributed by atoms with Crippen molar-refractivity contribution in [3.63, 3.8) is 0 Å². The van der Waals surface area contributed by atoms with Crippen molar-refractivity contribution in [2.45, 2.75) is 19.5 Å². The molecule has 0 saturated heterocycles. The zero-order chi connectivity index (χ0) is 21.5. The first-order chi connectivity index (χ1) is 15.2. The van der Waals surface area contributed by atoms with Crippen LogP contribution in [0.4, 0.5) is 0 Å². The van der Waals surface area contributed by atoms with Crippen LogP contribution >= 0.6 is 0 Å². The molecule has 3 aromatic heterocycles. The van der Waals surface area contributed by atoms with Crippen LogP contribution in [-0.4, -0.2) is 25.7 Å². The smallest absolute Gasteiger partial charge is 0.244 e. The minimum atomic E-state index is -0.177. The molecule has 0 aliphatic carbocycles.